The van der Waals surface area contributed by atoms with E-state index in [-0.39, 0.29) is 35.0 Å². The number of anilines is 1. The molecule has 1 heterocycles. The minimum absolute atomic E-state index is 0.0845. The van der Waals surface area contributed by atoms with Crippen molar-refractivity contribution >= 4 is 28.9 Å². The number of halogens is 1. The fraction of sp³-hybridized carbons (Fsp3) is 0.481. The van der Waals surface area contributed by atoms with Gasteiger partial charge in [-0.1, -0.05) is 45.4 Å². The Hall–Kier alpha value is -2.75. The van der Waals surface area contributed by atoms with E-state index < -0.39 is 0 Å². The fourth-order valence-electron chi connectivity index (χ4n) is 5.75. The molecule has 7 heteroatoms. The predicted molar refractivity (Wildman–Crippen MR) is 135 cm³/mol. The van der Waals surface area contributed by atoms with Crippen molar-refractivity contribution in [2.75, 3.05) is 18.0 Å². The van der Waals surface area contributed by atoms with Crippen LogP contribution in [-0.2, 0) is 0 Å². The second-order valence-electron chi connectivity index (χ2n) is 10.5. The van der Waals surface area contributed by atoms with Crippen LogP contribution in [0.4, 0.5) is 11.4 Å². The lowest BCUT2D eigenvalue weighted by molar-refractivity contribution is -0.164. The van der Waals surface area contributed by atoms with Crippen LogP contribution in [0.5, 0.6) is 5.75 Å². The first-order valence-corrected chi connectivity index (χ1v) is 12.1. The highest BCUT2D eigenvalue weighted by atomic mass is 35.5. The van der Waals surface area contributed by atoms with Gasteiger partial charge in [0, 0.05) is 41.2 Å². The number of carbonyl (C=O) groups is 1. The summed E-state index contributed by atoms with van der Waals surface area (Å²) < 4.78 is 6.31. The molecule has 2 aromatic rings. The molecule has 0 spiro atoms. The first-order valence-electron chi connectivity index (χ1n) is 11.7. The third-order valence-corrected chi connectivity index (χ3v) is 7.67. The van der Waals surface area contributed by atoms with Crippen molar-refractivity contribution in [3.8, 4) is 5.75 Å². The summed E-state index contributed by atoms with van der Waals surface area (Å²) >= 11 is 6.18. The molecule has 1 aliphatic heterocycles. The standard InChI is InChI=1S/C27H32ClN3O3/c1-26(2)24(27(3,4)25(26)34-20-10-11-22(29-5)21(28)16-20)30-23(33)17-6-8-18(9-7-17)31-14-12-19(32)13-15-31/h6-11,16,19,24-25,32H,12-15H2,1-4H3,(H,30,33). The molecular weight excluding hydrogens is 450 g/mol. The minimum Gasteiger partial charge on any atom is -0.489 e. The number of aliphatic hydroxyl groups is 1. The number of nitrogens with one attached hydrogen (secondary N) is 1. The smallest absolute Gasteiger partial charge is 0.251 e. The van der Waals surface area contributed by atoms with Crippen LogP contribution in [0.2, 0.25) is 5.02 Å². The van der Waals surface area contributed by atoms with Crippen LogP contribution >= 0.6 is 11.6 Å². The molecule has 0 bridgehead atoms. The van der Waals surface area contributed by atoms with Crippen LogP contribution in [0.15, 0.2) is 42.5 Å². The first-order chi connectivity index (χ1) is 16.0. The summed E-state index contributed by atoms with van der Waals surface area (Å²) in [4.78, 5) is 18.7. The molecule has 0 radical (unpaired) electrons. The maximum atomic E-state index is 13.1. The Morgan fingerprint density at radius 2 is 1.74 bits per heavy atom. The number of hydrogen-bond acceptors (Lipinski definition) is 4. The van der Waals surface area contributed by atoms with E-state index in [0.717, 1.165) is 31.6 Å². The Morgan fingerprint density at radius 3 is 2.29 bits per heavy atom. The number of piperidine rings is 1. The zero-order chi connectivity index (χ0) is 24.7. The second-order valence-corrected chi connectivity index (χ2v) is 10.9. The van der Waals surface area contributed by atoms with Crippen LogP contribution < -0.4 is 15.0 Å². The lowest BCUT2D eigenvalue weighted by Gasteiger charge is -2.63. The van der Waals surface area contributed by atoms with Crippen LogP contribution in [0, 0.1) is 17.4 Å². The Bertz CT molecular complexity index is 1080. The molecule has 1 amide bonds. The summed E-state index contributed by atoms with van der Waals surface area (Å²) in [6.45, 7) is 17.2. The molecule has 2 N–H and O–H groups in total. The normalized spacial score (nSPS) is 23.5. The molecule has 0 atom stereocenters. The van der Waals surface area contributed by atoms with E-state index in [0.29, 0.717) is 22.0 Å². The quantitative estimate of drug-likeness (QED) is 0.556. The van der Waals surface area contributed by atoms with Crippen molar-refractivity contribution in [3.05, 3.63) is 64.5 Å². The lowest BCUT2D eigenvalue weighted by Crippen LogP contribution is -2.74. The highest BCUT2D eigenvalue weighted by Gasteiger charge is 2.64. The zero-order valence-corrected chi connectivity index (χ0v) is 20.9. The van der Waals surface area contributed by atoms with Gasteiger partial charge in [-0.05, 0) is 49.2 Å². The van der Waals surface area contributed by atoms with Gasteiger partial charge in [0.25, 0.3) is 5.91 Å². The van der Waals surface area contributed by atoms with Crippen LogP contribution in [-0.4, -0.2) is 42.4 Å². The summed E-state index contributed by atoms with van der Waals surface area (Å²) in [5, 5.41) is 13.3. The number of aliphatic hydroxyl groups excluding tert-OH is 1. The Kier molecular flexibility index (Phi) is 6.54. The fourth-order valence-corrected chi connectivity index (χ4v) is 5.96. The third kappa shape index (κ3) is 4.47. The molecule has 34 heavy (non-hydrogen) atoms. The summed E-state index contributed by atoms with van der Waals surface area (Å²) in [6, 6.07) is 12.7. The molecule has 180 valence electrons. The zero-order valence-electron chi connectivity index (χ0n) is 20.1. The molecule has 2 fully saturated rings. The lowest BCUT2D eigenvalue weighted by atomic mass is 9.49. The first kappa shape index (κ1) is 24.4. The number of ether oxygens (including phenoxy) is 1. The van der Waals surface area contributed by atoms with Crippen LogP contribution in [0.25, 0.3) is 4.85 Å². The Labute approximate surface area is 206 Å². The van der Waals surface area contributed by atoms with E-state index in [1.807, 2.05) is 24.3 Å². The molecule has 1 aliphatic carbocycles. The van der Waals surface area contributed by atoms with Gasteiger partial charge in [-0.2, -0.15) is 0 Å². The molecule has 4 rings (SSSR count). The van der Waals surface area contributed by atoms with Crippen molar-refractivity contribution in [3.63, 3.8) is 0 Å². The van der Waals surface area contributed by atoms with Gasteiger partial charge in [0.2, 0.25) is 5.69 Å². The van der Waals surface area contributed by atoms with Gasteiger partial charge in [-0.25, -0.2) is 4.85 Å². The largest absolute Gasteiger partial charge is 0.489 e. The van der Waals surface area contributed by atoms with E-state index >= 15 is 0 Å². The maximum absolute atomic E-state index is 13.1. The van der Waals surface area contributed by atoms with Gasteiger partial charge < -0.3 is 20.1 Å². The Balaban J connectivity index is 1.42. The number of carbonyl (C=O) groups excluding carboxylic acids is 1. The summed E-state index contributed by atoms with van der Waals surface area (Å²) in [5.74, 6) is 0.517. The number of rotatable bonds is 5. The van der Waals surface area contributed by atoms with Crippen molar-refractivity contribution in [2.24, 2.45) is 10.8 Å². The van der Waals surface area contributed by atoms with E-state index in [4.69, 9.17) is 22.9 Å². The van der Waals surface area contributed by atoms with Gasteiger partial charge >= 0.3 is 0 Å². The van der Waals surface area contributed by atoms with Gasteiger partial charge in [0.05, 0.1) is 17.7 Å². The van der Waals surface area contributed by atoms with Crippen molar-refractivity contribution in [2.45, 2.75) is 58.8 Å². The predicted octanol–water partition coefficient (Wildman–Crippen LogP) is 5.46. The molecule has 0 unspecified atom stereocenters. The number of hydrogen-bond donors (Lipinski definition) is 2. The van der Waals surface area contributed by atoms with E-state index in [9.17, 15) is 9.90 Å². The SMILES string of the molecule is [C-]#[N+]c1ccc(OC2C(C)(C)C(NC(=O)c3ccc(N4CCC(O)CC4)cc3)C2(C)C)cc1Cl. The van der Waals surface area contributed by atoms with Crippen molar-refractivity contribution in [1.29, 1.82) is 0 Å². The van der Waals surface area contributed by atoms with Gasteiger partial charge in [-0.3, -0.25) is 4.79 Å². The molecule has 1 saturated heterocycles. The van der Waals surface area contributed by atoms with Gasteiger partial charge in [0.15, 0.2) is 0 Å². The minimum atomic E-state index is -0.307. The average Bonchev–Trinajstić information content (AvgIpc) is 2.81. The molecule has 1 saturated carbocycles. The van der Waals surface area contributed by atoms with Gasteiger partial charge in [0.1, 0.15) is 11.9 Å². The molecular formula is C27H32ClN3O3. The van der Waals surface area contributed by atoms with E-state index in [2.05, 4.69) is 42.8 Å². The third-order valence-electron chi connectivity index (χ3n) is 7.37. The highest BCUT2D eigenvalue weighted by Crippen LogP contribution is 2.55. The summed E-state index contributed by atoms with van der Waals surface area (Å²) in [5.41, 5.74) is 1.48. The average molecular weight is 482 g/mol. The van der Waals surface area contributed by atoms with Crippen molar-refractivity contribution in [1.82, 2.24) is 5.32 Å². The van der Waals surface area contributed by atoms with E-state index in [1.165, 1.54) is 0 Å². The maximum Gasteiger partial charge on any atom is 0.251 e. The molecule has 2 aromatic carbocycles. The van der Waals surface area contributed by atoms with Crippen molar-refractivity contribution < 1.29 is 14.6 Å². The molecule has 0 aromatic heterocycles. The van der Waals surface area contributed by atoms with Gasteiger partial charge in [-0.15, -0.1) is 0 Å². The number of nitrogens with zero attached hydrogens (tertiary/aromatic N) is 2. The van der Waals surface area contributed by atoms with E-state index in [1.54, 1.807) is 18.2 Å². The molecule has 6 nitrogen and oxygen atoms in total. The monoisotopic (exact) mass is 481 g/mol. The van der Waals surface area contributed by atoms with Crippen LogP contribution in [0.3, 0.4) is 0 Å². The molecule has 2 aliphatic rings. The number of benzene rings is 2. The Morgan fingerprint density at radius 1 is 1.12 bits per heavy atom. The second kappa shape index (κ2) is 9.13. The van der Waals surface area contributed by atoms with Crippen LogP contribution in [0.1, 0.15) is 50.9 Å². The summed E-state index contributed by atoms with van der Waals surface area (Å²) in [6.07, 6.45) is 1.19. The highest BCUT2D eigenvalue weighted by molar-refractivity contribution is 6.33. The topological polar surface area (TPSA) is 66.2 Å². The number of amides is 1. The summed E-state index contributed by atoms with van der Waals surface area (Å²) in [7, 11) is 0.